The molecule has 1 nitrogen and oxygen atoms in total. The van der Waals surface area contributed by atoms with E-state index in [-0.39, 0.29) is 0 Å². The van der Waals surface area contributed by atoms with E-state index in [9.17, 15) is 0 Å². The molecule has 13 heavy (non-hydrogen) atoms. The molecule has 0 saturated carbocycles. The molecule has 0 saturated heterocycles. The van der Waals surface area contributed by atoms with Crippen molar-refractivity contribution in [2.75, 3.05) is 6.61 Å². The van der Waals surface area contributed by atoms with E-state index in [2.05, 4.69) is 46.9 Å². The van der Waals surface area contributed by atoms with Crippen molar-refractivity contribution in [2.24, 2.45) is 0 Å². The van der Waals surface area contributed by atoms with E-state index in [1.807, 2.05) is 0 Å². The molecule has 1 rings (SSSR count). The molecule has 0 fully saturated rings. The molecule has 0 amide bonds. The number of aryl methyl sites for hydroxylation is 1. The molecule has 0 aliphatic carbocycles. The number of rotatable bonds is 5. The van der Waals surface area contributed by atoms with Crippen LogP contribution in [0.1, 0.15) is 24.8 Å². The van der Waals surface area contributed by atoms with Gasteiger partial charge in [0, 0.05) is 10.2 Å². The Morgan fingerprint density at radius 2 is 1.69 bits per heavy atom. The van der Waals surface area contributed by atoms with Crippen molar-refractivity contribution < 1.29 is 5.11 Å². The normalized spacial score (nSPS) is 10.3. The number of unbranched alkanes of at least 4 members (excludes halogenated alkanes) is 2. The Morgan fingerprint density at radius 3 is 2.31 bits per heavy atom. The second-order valence-electron chi connectivity index (χ2n) is 3.16. The highest BCUT2D eigenvalue weighted by Gasteiger charge is 1.93. The maximum Gasteiger partial charge on any atom is 0.0431 e. The number of aliphatic hydroxyl groups is 1. The molecule has 0 atom stereocenters. The van der Waals surface area contributed by atoms with Crippen molar-refractivity contribution in [3.8, 4) is 0 Å². The average Bonchev–Trinajstić information content (AvgIpc) is 2.15. The van der Waals surface area contributed by atoms with Crippen molar-refractivity contribution in [2.45, 2.75) is 25.7 Å². The molecule has 0 aromatic heterocycles. The molecule has 0 radical (unpaired) electrons. The number of hydrogen-bond donors (Lipinski definition) is 1. The van der Waals surface area contributed by atoms with Crippen LogP contribution in [-0.4, -0.2) is 11.7 Å². The van der Waals surface area contributed by atoms with Gasteiger partial charge in [0.25, 0.3) is 0 Å². The highest BCUT2D eigenvalue weighted by molar-refractivity contribution is 14.1. The van der Waals surface area contributed by atoms with Gasteiger partial charge in [0.15, 0.2) is 0 Å². The number of benzene rings is 1. The van der Waals surface area contributed by atoms with E-state index in [1.165, 1.54) is 15.6 Å². The van der Waals surface area contributed by atoms with Crippen LogP contribution in [0.2, 0.25) is 0 Å². The smallest absolute Gasteiger partial charge is 0.0431 e. The van der Waals surface area contributed by atoms with Crippen LogP contribution in [-0.2, 0) is 6.42 Å². The van der Waals surface area contributed by atoms with Gasteiger partial charge in [-0.25, -0.2) is 0 Å². The predicted octanol–water partition coefficient (Wildman–Crippen LogP) is 3.00. The summed E-state index contributed by atoms with van der Waals surface area (Å²) < 4.78 is 1.29. The van der Waals surface area contributed by atoms with E-state index in [4.69, 9.17) is 5.11 Å². The van der Waals surface area contributed by atoms with Gasteiger partial charge in [0.1, 0.15) is 0 Å². The first-order valence-electron chi connectivity index (χ1n) is 4.68. The minimum Gasteiger partial charge on any atom is -0.396 e. The highest BCUT2D eigenvalue weighted by Crippen LogP contribution is 2.09. The van der Waals surface area contributed by atoms with Gasteiger partial charge < -0.3 is 5.11 Å². The van der Waals surface area contributed by atoms with E-state index in [1.54, 1.807) is 0 Å². The van der Waals surface area contributed by atoms with E-state index < -0.39 is 0 Å². The Balaban J connectivity index is 2.25. The third-order valence-electron chi connectivity index (χ3n) is 2.04. The van der Waals surface area contributed by atoms with Crippen LogP contribution in [0, 0.1) is 3.57 Å². The van der Waals surface area contributed by atoms with Crippen LogP contribution in [0.4, 0.5) is 0 Å². The topological polar surface area (TPSA) is 20.2 Å². The monoisotopic (exact) mass is 290 g/mol. The second-order valence-corrected chi connectivity index (χ2v) is 4.41. The van der Waals surface area contributed by atoms with E-state index in [0.29, 0.717) is 6.61 Å². The number of aliphatic hydroxyl groups excluding tert-OH is 1. The summed E-state index contributed by atoms with van der Waals surface area (Å²) in [4.78, 5) is 0. The summed E-state index contributed by atoms with van der Waals surface area (Å²) in [6.45, 7) is 0.326. The lowest BCUT2D eigenvalue weighted by atomic mass is 10.1. The van der Waals surface area contributed by atoms with Crippen LogP contribution >= 0.6 is 22.6 Å². The first kappa shape index (κ1) is 11.0. The summed E-state index contributed by atoms with van der Waals surface area (Å²) in [7, 11) is 0. The fraction of sp³-hybridized carbons (Fsp3) is 0.455. The maximum atomic E-state index is 8.60. The van der Waals surface area contributed by atoms with Crippen LogP contribution in [0.15, 0.2) is 24.3 Å². The van der Waals surface area contributed by atoms with Crippen molar-refractivity contribution in [3.63, 3.8) is 0 Å². The summed E-state index contributed by atoms with van der Waals surface area (Å²) in [5, 5.41) is 8.60. The SMILES string of the molecule is OCCCCCc1ccc(I)cc1. The molecule has 0 aliphatic rings. The summed E-state index contributed by atoms with van der Waals surface area (Å²) in [5.74, 6) is 0. The minimum atomic E-state index is 0.326. The van der Waals surface area contributed by atoms with Crippen molar-refractivity contribution >= 4 is 22.6 Å². The highest BCUT2D eigenvalue weighted by atomic mass is 127. The van der Waals surface area contributed by atoms with Gasteiger partial charge in [0.2, 0.25) is 0 Å². The fourth-order valence-electron chi connectivity index (χ4n) is 1.27. The zero-order valence-electron chi connectivity index (χ0n) is 7.67. The van der Waals surface area contributed by atoms with Gasteiger partial charge >= 0.3 is 0 Å². The van der Waals surface area contributed by atoms with Gasteiger partial charge in [-0.15, -0.1) is 0 Å². The lowest BCUT2D eigenvalue weighted by Crippen LogP contribution is -1.88. The lowest BCUT2D eigenvalue weighted by molar-refractivity contribution is 0.283. The largest absolute Gasteiger partial charge is 0.396 e. The molecule has 1 aromatic rings. The summed E-state index contributed by atoms with van der Waals surface area (Å²) in [6, 6.07) is 8.64. The maximum absolute atomic E-state index is 8.60. The standard InChI is InChI=1S/C11H15IO/c12-11-7-5-10(6-8-11)4-2-1-3-9-13/h5-8,13H,1-4,9H2. The summed E-state index contributed by atoms with van der Waals surface area (Å²) >= 11 is 2.31. The molecular formula is C11H15IO. The summed E-state index contributed by atoms with van der Waals surface area (Å²) in [5.41, 5.74) is 1.40. The van der Waals surface area contributed by atoms with Crippen molar-refractivity contribution in [1.29, 1.82) is 0 Å². The molecule has 2 heteroatoms. The third-order valence-corrected chi connectivity index (χ3v) is 2.76. The van der Waals surface area contributed by atoms with Gasteiger partial charge in [-0.05, 0) is 59.5 Å². The molecule has 0 unspecified atom stereocenters. The zero-order chi connectivity index (χ0) is 9.52. The quantitative estimate of drug-likeness (QED) is 0.653. The zero-order valence-corrected chi connectivity index (χ0v) is 9.83. The van der Waals surface area contributed by atoms with Crippen LogP contribution in [0.3, 0.4) is 0 Å². The first-order valence-corrected chi connectivity index (χ1v) is 5.76. The molecule has 0 spiro atoms. The number of halogens is 1. The van der Waals surface area contributed by atoms with Crippen LogP contribution in [0.5, 0.6) is 0 Å². The Labute approximate surface area is 93.3 Å². The molecular weight excluding hydrogens is 275 g/mol. The Kier molecular flexibility index (Phi) is 5.39. The Morgan fingerprint density at radius 1 is 1.00 bits per heavy atom. The minimum absolute atomic E-state index is 0.326. The molecule has 1 aromatic carbocycles. The van der Waals surface area contributed by atoms with Gasteiger partial charge in [-0.3, -0.25) is 0 Å². The first-order chi connectivity index (χ1) is 6.33. The van der Waals surface area contributed by atoms with Crippen LogP contribution in [0.25, 0.3) is 0 Å². The molecule has 0 bridgehead atoms. The lowest BCUT2D eigenvalue weighted by Gasteiger charge is -2.00. The van der Waals surface area contributed by atoms with E-state index >= 15 is 0 Å². The van der Waals surface area contributed by atoms with Crippen molar-refractivity contribution in [3.05, 3.63) is 33.4 Å². The molecule has 0 aliphatic heterocycles. The van der Waals surface area contributed by atoms with Gasteiger partial charge in [-0.2, -0.15) is 0 Å². The molecule has 1 N–H and O–H groups in total. The van der Waals surface area contributed by atoms with Gasteiger partial charge in [0.05, 0.1) is 0 Å². The predicted molar refractivity (Wildman–Crippen MR) is 63.8 cm³/mol. The second kappa shape index (κ2) is 6.38. The Hall–Kier alpha value is -0.0900. The van der Waals surface area contributed by atoms with Crippen LogP contribution < -0.4 is 0 Å². The third kappa shape index (κ3) is 4.62. The van der Waals surface area contributed by atoms with Gasteiger partial charge in [-0.1, -0.05) is 18.6 Å². The average molecular weight is 290 g/mol. The van der Waals surface area contributed by atoms with Crippen molar-refractivity contribution in [1.82, 2.24) is 0 Å². The Bertz CT molecular complexity index is 230. The number of hydrogen-bond acceptors (Lipinski definition) is 1. The fourth-order valence-corrected chi connectivity index (χ4v) is 1.63. The molecule has 0 heterocycles. The summed E-state index contributed by atoms with van der Waals surface area (Å²) in [6.07, 6.45) is 4.38. The van der Waals surface area contributed by atoms with E-state index in [0.717, 1.165) is 19.3 Å². The molecule has 72 valence electrons.